The van der Waals surface area contributed by atoms with E-state index < -0.39 is 0 Å². The number of hydrogen-bond donors (Lipinski definition) is 4. The third-order valence-electron chi connectivity index (χ3n) is 3.56. The van der Waals surface area contributed by atoms with Crippen LogP contribution in [0.15, 0.2) is 66.7 Å². The van der Waals surface area contributed by atoms with Crippen molar-refractivity contribution in [3.63, 3.8) is 0 Å². The van der Waals surface area contributed by atoms with Gasteiger partial charge in [0.15, 0.2) is 0 Å². The lowest BCUT2D eigenvalue weighted by atomic mass is 10.1. The second kappa shape index (κ2) is 6.32. The van der Waals surface area contributed by atoms with E-state index in [4.69, 9.17) is 11.5 Å². The van der Waals surface area contributed by atoms with Gasteiger partial charge in [-0.2, -0.15) is 0 Å². The normalized spacial score (nSPS) is 10.3. The maximum atomic E-state index is 5.99. The molecular formula is C19H20N4. The number of hydrogen-bond acceptors (Lipinski definition) is 4. The van der Waals surface area contributed by atoms with Crippen molar-refractivity contribution in [1.82, 2.24) is 0 Å². The highest BCUT2D eigenvalue weighted by atomic mass is 14.9. The van der Waals surface area contributed by atoms with Gasteiger partial charge in [-0.25, -0.2) is 0 Å². The Morgan fingerprint density at radius 2 is 1.09 bits per heavy atom. The molecular weight excluding hydrogens is 284 g/mol. The van der Waals surface area contributed by atoms with Crippen LogP contribution in [0.3, 0.4) is 0 Å². The lowest BCUT2D eigenvalue weighted by Crippen LogP contribution is -1.99. The van der Waals surface area contributed by atoms with Gasteiger partial charge in [0.2, 0.25) is 0 Å². The van der Waals surface area contributed by atoms with Crippen molar-refractivity contribution in [1.29, 1.82) is 0 Å². The van der Waals surface area contributed by atoms with E-state index >= 15 is 0 Å². The monoisotopic (exact) mass is 304 g/mol. The van der Waals surface area contributed by atoms with E-state index in [0.717, 1.165) is 39.7 Å². The molecule has 116 valence electrons. The van der Waals surface area contributed by atoms with Crippen LogP contribution >= 0.6 is 0 Å². The minimum Gasteiger partial charge on any atom is -0.397 e. The number of anilines is 6. The zero-order chi connectivity index (χ0) is 16.2. The summed E-state index contributed by atoms with van der Waals surface area (Å²) >= 11 is 0. The molecule has 3 aromatic carbocycles. The van der Waals surface area contributed by atoms with Gasteiger partial charge in [-0.1, -0.05) is 24.3 Å². The molecule has 0 heterocycles. The molecule has 0 aliphatic rings. The van der Waals surface area contributed by atoms with Gasteiger partial charge in [0, 0.05) is 11.4 Å². The fraction of sp³-hybridized carbons (Fsp3) is 0.0526. The fourth-order valence-corrected chi connectivity index (χ4v) is 2.46. The Labute approximate surface area is 136 Å². The summed E-state index contributed by atoms with van der Waals surface area (Å²) in [6.07, 6.45) is 0. The van der Waals surface area contributed by atoms with Crippen LogP contribution in [0.4, 0.5) is 34.1 Å². The Balaban J connectivity index is 1.88. The van der Waals surface area contributed by atoms with E-state index in [9.17, 15) is 0 Å². The second-order valence-electron chi connectivity index (χ2n) is 5.51. The predicted octanol–water partition coefficient (Wildman–Crippen LogP) is 4.65. The summed E-state index contributed by atoms with van der Waals surface area (Å²) in [7, 11) is 0. The molecule has 0 amide bonds. The van der Waals surface area contributed by atoms with Gasteiger partial charge in [0.05, 0.1) is 22.7 Å². The Morgan fingerprint density at radius 3 is 1.52 bits per heavy atom. The first-order valence-corrected chi connectivity index (χ1v) is 7.46. The first-order chi connectivity index (χ1) is 11.1. The maximum absolute atomic E-state index is 5.99. The molecule has 0 bridgehead atoms. The molecule has 0 radical (unpaired) electrons. The number of nitrogens with one attached hydrogen (secondary N) is 2. The van der Waals surface area contributed by atoms with Crippen LogP contribution < -0.4 is 22.1 Å². The van der Waals surface area contributed by atoms with Gasteiger partial charge in [-0.15, -0.1) is 0 Å². The number of benzene rings is 3. The van der Waals surface area contributed by atoms with Crippen LogP contribution in [0.5, 0.6) is 0 Å². The van der Waals surface area contributed by atoms with E-state index in [0.29, 0.717) is 0 Å². The van der Waals surface area contributed by atoms with Gasteiger partial charge in [-0.05, 0) is 55.0 Å². The maximum Gasteiger partial charge on any atom is 0.0617 e. The molecule has 0 saturated carbocycles. The largest absolute Gasteiger partial charge is 0.397 e. The molecule has 6 N–H and O–H groups in total. The van der Waals surface area contributed by atoms with Gasteiger partial charge in [-0.3, -0.25) is 0 Å². The fourth-order valence-electron chi connectivity index (χ4n) is 2.46. The highest BCUT2D eigenvalue weighted by molar-refractivity contribution is 5.77. The highest BCUT2D eigenvalue weighted by Crippen LogP contribution is 2.28. The standard InChI is InChI=1S/C19H20N4/c1-13-10-14(22-18-8-4-2-6-16(18)20)12-15(11-13)23-19-9-5-3-7-17(19)21/h2-12,22-23H,20-21H2,1H3. The lowest BCUT2D eigenvalue weighted by molar-refractivity contribution is 1.43. The minimum atomic E-state index is 0.718. The second-order valence-corrected chi connectivity index (χ2v) is 5.51. The van der Waals surface area contributed by atoms with Crippen molar-refractivity contribution < 1.29 is 0 Å². The van der Waals surface area contributed by atoms with Crippen molar-refractivity contribution in [3.05, 3.63) is 72.3 Å². The number of rotatable bonds is 4. The summed E-state index contributed by atoms with van der Waals surface area (Å²) in [5.74, 6) is 0. The molecule has 0 aliphatic heterocycles. The van der Waals surface area contributed by atoms with Gasteiger partial charge >= 0.3 is 0 Å². The van der Waals surface area contributed by atoms with Crippen LogP contribution in [-0.4, -0.2) is 0 Å². The van der Waals surface area contributed by atoms with E-state index in [1.54, 1.807) is 0 Å². The number of nitrogen functional groups attached to an aromatic ring is 2. The van der Waals surface area contributed by atoms with Crippen molar-refractivity contribution in [2.75, 3.05) is 22.1 Å². The molecule has 0 aromatic heterocycles. The van der Waals surface area contributed by atoms with Crippen molar-refractivity contribution >= 4 is 34.1 Å². The first-order valence-electron chi connectivity index (χ1n) is 7.46. The minimum absolute atomic E-state index is 0.718. The highest BCUT2D eigenvalue weighted by Gasteiger charge is 2.04. The Morgan fingerprint density at radius 1 is 0.652 bits per heavy atom. The Hall–Kier alpha value is -3.14. The summed E-state index contributed by atoms with van der Waals surface area (Å²) in [5.41, 5.74) is 18.3. The number of aryl methyl sites for hydroxylation is 1. The molecule has 4 heteroatoms. The summed E-state index contributed by atoms with van der Waals surface area (Å²) in [4.78, 5) is 0. The molecule has 3 rings (SSSR count). The van der Waals surface area contributed by atoms with Gasteiger partial charge in [0.25, 0.3) is 0 Å². The predicted molar refractivity (Wildman–Crippen MR) is 99.5 cm³/mol. The summed E-state index contributed by atoms with van der Waals surface area (Å²) in [6, 6.07) is 21.6. The lowest BCUT2D eigenvalue weighted by Gasteiger charge is -2.14. The summed E-state index contributed by atoms with van der Waals surface area (Å²) in [5, 5.41) is 6.72. The van der Waals surface area contributed by atoms with Gasteiger partial charge in [0.1, 0.15) is 0 Å². The average molecular weight is 304 g/mol. The van der Waals surface area contributed by atoms with E-state index in [2.05, 4.69) is 29.7 Å². The third-order valence-corrected chi connectivity index (χ3v) is 3.56. The van der Waals surface area contributed by atoms with Crippen LogP contribution in [-0.2, 0) is 0 Å². The molecule has 0 spiro atoms. The SMILES string of the molecule is Cc1cc(Nc2ccccc2N)cc(Nc2ccccc2N)c1. The van der Waals surface area contributed by atoms with Crippen molar-refractivity contribution in [3.8, 4) is 0 Å². The number of para-hydroxylation sites is 4. The van der Waals surface area contributed by atoms with Gasteiger partial charge < -0.3 is 22.1 Å². The first kappa shape index (κ1) is 14.8. The smallest absolute Gasteiger partial charge is 0.0617 e. The van der Waals surface area contributed by atoms with Crippen molar-refractivity contribution in [2.45, 2.75) is 6.92 Å². The van der Waals surface area contributed by atoms with Crippen LogP contribution in [0.1, 0.15) is 5.56 Å². The molecule has 0 saturated heterocycles. The van der Waals surface area contributed by atoms with E-state index in [1.807, 2.05) is 54.6 Å². The molecule has 0 aliphatic carbocycles. The molecule has 4 nitrogen and oxygen atoms in total. The molecule has 3 aromatic rings. The quantitative estimate of drug-likeness (QED) is 0.529. The molecule has 23 heavy (non-hydrogen) atoms. The van der Waals surface area contributed by atoms with Crippen LogP contribution in [0, 0.1) is 6.92 Å². The van der Waals surface area contributed by atoms with Crippen LogP contribution in [0.25, 0.3) is 0 Å². The zero-order valence-corrected chi connectivity index (χ0v) is 13.0. The van der Waals surface area contributed by atoms with E-state index in [-0.39, 0.29) is 0 Å². The molecule has 0 fully saturated rings. The third kappa shape index (κ3) is 3.55. The average Bonchev–Trinajstić information content (AvgIpc) is 2.51. The summed E-state index contributed by atoms with van der Waals surface area (Å²) in [6.45, 7) is 2.05. The van der Waals surface area contributed by atoms with Crippen LogP contribution in [0.2, 0.25) is 0 Å². The van der Waals surface area contributed by atoms with E-state index in [1.165, 1.54) is 0 Å². The number of nitrogens with two attached hydrogens (primary N) is 2. The zero-order valence-electron chi connectivity index (χ0n) is 13.0. The topological polar surface area (TPSA) is 76.1 Å². The Kier molecular flexibility index (Phi) is 4.06. The van der Waals surface area contributed by atoms with Crippen molar-refractivity contribution in [2.24, 2.45) is 0 Å². The summed E-state index contributed by atoms with van der Waals surface area (Å²) < 4.78 is 0. The molecule has 0 unspecified atom stereocenters. The Bertz CT molecular complexity index is 761. The molecule has 0 atom stereocenters.